The van der Waals surface area contributed by atoms with E-state index < -0.39 is 0 Å². The number of aliphatic imine (C=N–C) groups is 1. The van der Waals surface area contributed by atoms with Crippen molar-refractivity contribution in [3.63, 3.8) is 0 Å². The first kappa shape index (κ1) is 18.8. The van der Waals surface area contributed by atoms with E-state index in [1.807, 2.05) is 6.21 Å². The molecule has 142 valence electrons. The van der Waals surface area contributed by atoms with E-state index in [9.17, 15) is 0 Å². The highest BCUT2D eigenvalue weighted by molar-refractivity contribution is 5.73. The molecule has 2 heterocycles. The Labute approximate surface area is 157 Å². The first-order valence-corrected chi connectivity index (χ1v) is 9.78. The fourth-order valence-electron chi connectivity index (χ4n) is 3.45. The van der Waals surface area contributed by atoms with Crippen LogP contribution in [0.4, 0.5) is 0 Å². The van der Waals surface area contributed by atoms with Crippen LogP contribution in [0.15, 0.2) is 53.1 Å². The van der Waals surface area contributed by atoms with Crippen LogP contribution in [0.2, 0.25) is 0 Å². The molecule has 1 saturated carbocycles. The second-order valence-corrected chi connectivity index (χ2v) is 7.49. The molecule has 3 aliphatic rings. The Morgan fingerprint density at radius 2 is 2.23 bits per heavy atom. The van der Waals surface area contributed by atoms with Crippen molar-refractivity contribution in [1.82, 2.24) is 10.2 Å². The molecule has 0 amide bonds. The smallest absolute Gasteiger partial charge is 0.0956 e. The summed E-state index contributed by atoms with van der Waals surface area (Å²) >= 11 is 0. The van der Waals surface area contributed by atoms with Crippen molar-refractivity contribution >= 4 is 6.21 Å². The normalized spacial score (nSPS) is 24.2. The Kier molecular flexibility index (Phi) is 6.56. The maximum atomic E-state index is 6.16. The van der Waals surface area contributed by atoms with Crippen LogP contribution in [0.3, 0.4) is 0 Å². The first-order valence-electron chi connectivity index (χ1n) is 9.78. The van der Waals surface area contributed by atoms with Crippen LogP contribution in [0, 0.1) is 5.92 Å². The summed E-state index contributed by atoms with van der Waals surface area (Å²) in [6.07, 6.45) is 12.8. The molecule has 0 radical (unpaired) electrons. The molecule has 26 heavy (non-hydrogen) atoms. The summed E-state index contributed by atoms with van der Waals surface area (Å²) in [6, 6.07) is 0. The Morgan fingerprint density at radius 1 is 1.38 bits per heavy atom. The van der Waals surface area contributed by atoms with Gasteiger partial charge in [-0.3, -0.25) is 4.99 Å². The van der Waals surface area contributed by atoms with Gasteiger partial charge in [0.1, 0.15) is 0 Å². The number of allylic oxidation sites excluding steroid dienone is 3. The van der Waals surface area contributed by atoms with E-state index in [1.165, 1.54) is 24.1 Å². The number of nitrogens with zero attached hydrogens (tertiary/aromatic N) is 2. The maximum Gasteiger partial charge on any atom is 0.0956 e. The number of nitrogens with two attached hydrogens (primary N) is 1. The number of rotatable bonds is 9. The van der Waals surface area contributed by atoms with Crippen LogP contribution in [0.25, 0.3) is 0 Å². The van der Waals surface area contributed by atoms with Gasteiger partial charge in [0, 0.05) is 44.6 Å². The number of likely N-dealkylation sites (tertiary alicyclic amines) is 1. The van der Waals surface area contributed by atoms with Gasteiger partial charge in [0.05, 0.1) is 17.6 Å². The SMILES string of the molecule is C=CC(=C)N=C/C=C(\CC1=C(N)NCC1)N1CCCC(OCC2CC2)C1. The zero-order valence-corrected chi connectivity index (χ0v) is 15.8. The number of hydrogen-bond acceptors (Lipinski definition) is 5. The minimum Gasteiger partial charge on any atom is -0.386 e. The Bertz CT molecular complexity index is 616. The van der Waals surface area contributed by atoms with Crippen molar-refractivity contribution in [2.75, 3.05) is 26.2 Å². The predicted octanol–water partition coefficient (Wildman–Crippen LogP) is 3.09. The molecule has 3 N–H and O–H groups in total. The van der Waals surface area contributed by atoms with Crippen molar-refractivity contribution in [2.24, 2.45) is 16.6 Å². The zero-order chi connectivity index (χ0) is 18.4. The topological polar surface area (TPSA) is 62.9 Å². The fraction of sp³-hybridized carbons (Fsp3) is 0.571. The number of nitrogens with one attached hydrogen (secondary N) is 1. The van der Waals surface area contributed by atoms with E-state index in [0.717, 1.165) is 63.7 Å². The van der Waals surface area contributed by atoms with Crippen molar-refractivity contribution in [1.29, 1.82) is 0 Å². The molecule has 0 spiro atoms. The van der Waals surface area contributed by atoms with Crippen LogP contribution in [-0.2, 0) is 4.74 Å². The van der Waals surface area contributed by atoms with E-state index in [0.29, 0.717) is 11.8 Å². The largest absolute Gasteiger partial charge is 0.386 e. The van der Waals surface area contributed by atoms with Gasteiger partial charge in [-0.25, -0.2) is 0 Å². The lowest BCUT2D eigenvalue weighted by molar-refractivity contribution is 0.00279. The molecular weight excluding hydrogens is 324 g/mol. The fourth-order valence-corrected chi connectivity index (χ4v) is 3.45. The molecule has 3 rings (SSSR count). The Hall–Kier alpha value is -2.01. The highest BCUT2D eigenvalue weighted by atomic mass is 16.5. The van der Waals surface area contributed by atoms with Crippen molar-refractivity contribution < 1.29 is 4.74 Å². The van der Waals surface area contributed by atoms with Gasteiger partial charge in [0.15, 0.2) is 0 Å². The van der Waals surface area contributed by atoms with E-state index in [1.54, 1.807) is 6.08 Å². The molecule has 1 aliphatic carbocycles. The van der Waals surface area contributed by atoms with E-state index in [2.05, 4.69) is 34.4 Å². The van der Waals surface area contributed by atoms with Crippen LogP contribution in [-0.4, -0.2) is 43.5 Å². The first-order chi connectivity index (χ1) is 12.7. The summed E-state index contributed by atoms with van der Waals surface area (Å²) in [4.78, 5) is 6.77. The van der Waals surface area contributed by atoms with Gasteiger partial charge in [-0.2, -0.15) is 0 Å². The Balaban J connectivity index is 1.67. The van der Waals surface area contributed by atoms with Gasteiger partial charge in [0.25, 0.3) is 0 Å². The van der Waals surface area contributed by atoms with Crippen molar-refractivity contribution in [3.05, 3.63) is 48.1 Å². The number of ether oxygens (including phenoxy) is 1. The van der Waals surface area contributed by atoms with Crippen LogP contribution < -0.4 is 11.1 Å². The molecule has 0 aromatic rings. The maximum absolute atomic E-state index is 6.16. The summed E-state index contributed by atoms with van der Waals surface area (Å²) in [5.41, 5.74) is 9.32. The summed E-state index contributed by atoms with van der Waals surface area (Å²) in [7, 11) is 0. The highest BCUT2D eigenvalue weighted by Gasteiger charge is 2.27. The molecule has 5 heteroatoms. The molecule has 0 aromatic heterocycles. The third-order valence-electron chi connectivity index (χ3n) is 5.31. The van der Waals surface area contributed by atoms with Gasteiger partial charge in [-0.1, -0.05) is 13.2 Å². The molecule has 2 aliphatic heterocycles. The summed E-state index contributed by atoms with van der Waals surface area (Å²) < 4.78 is 6.16. The molecule has 2 fully saturated rings. The van der Waals surface area contributed by atoms with E-state index in [4.69, 9.17) is 10.5 Å². The number of hydrogen-bond donors (Lipinski definition) is 2. The van der Waals surface area contributed by atoms with Crippen LogP contribution in [0.5, 0.6) is 0 Å². The quantitative estimate of drug-likeness (QED) is 0.492. The zero-order valence-electron chi connectivity index (χ0n) is 15.8. The summed E-state index contributed by atoms with van der Waals surface area (Å²) in [5, 5.41) is 3.24. The predicted molar refractivity (Wildman–Crippen MR) is 108 cm³/mol. The molecule has 0 aromatic carbocycles. The van der Waals surface area contributed by atoms with Gasteiger partial charge in [-0.05, 0) is 55.7 Å². The van der Waals surface area contributed by atoms with Crippen molar-refractivity contribution in [2.45, 2.75) is 44.6 Å². The van der Waals surface area contributed by atoms with Gasteiger partial charge in [-0.15, -0.1) is 0 Å². The average molecular weight is 357 g/mol. The van der Waals surface area contributed by atoms with Crippen LogP contribution in [0.1, 0.15) is 38.5 Å². The van der Waals surface area contributed by atoms with E-state index >= 15 is 0 Å². The van der Waals surface area contributed by atoms with Crippen LogP contribution >= 0.6 is 0 Å². The summed E-state index contributed by atoms with van der Waals surface area (Å²) in [5.74, 6) is 1.65. The highest BCUT2D eigenvalue weighted by Crippen LogP contribution is 2.31. The second-order valence-electron chi connectivity index (χ2n) is 7.49. The summed E-state index contributed by atoms with van der Waals surface area (Å²) in [6.45, 7) is 11.4. The lowest BCUT2D eigenvalue weighted by Gasteiger charge is -2.36. The van der Waals surface area contributed by atoms with Gasteiger partial charge in [0.2, 0.25) is 0 Å². The molecule has 1 atom stereocenters. The second kappa shape index (κ2) is 9.08. The van der Waals surface area contributed by atoms with E-state index in [-0.39, 0.29) is 0 Å². The molecule has 1 saturated heterocycles. The third kappa shape index (κ3) is 5.49. The lowest BCUT2D eigenvalue weighted by Crippen LogP contribution is -2.39. The standard InChI is InChI=1S/C21H32N4O/c1-3-16(2)23-11-9-19(13-18-8-10-24-21(18)22)25-12-4-5-20(14-25)26-15-17-6-7-17/h3,9,11,17,20,24H,1-2,4-8,10,12-15,22H2/b19-9+,23-11?. The molecular formula is C21H32N4O. The number of piperidine rings is 1. The van der Waals surface area contributed by atoms with Crippen molar-refractivity contribution in [3.8, 4) is 0 Å². The third-order valence-corrected chi connectivity index (χ3v) is 5.31. The Morgan fingerprint density at radius 3 is 2.92 bits per heavy atom. The molecule has 0 bridgehead atoms. The molecule has 1 unspecified atom stereocenters. The van der Waals surface area contributed by atoms with Gasteiger partial charge >= 0.3 is 0 Å². The average Bonchev–Trinajstić information content (AvgIpc) is 3.41. The minimum absolute atomic E-state index is 0.334. The monoisotopic (exact) mass is 356 g/mol. The lowest BCUT2D eigenvalue weighted by atomic mass is 10.0. The molecule has 5 nitrogen and oxygen atoms in total. The minimum atomic E-state index is 0.334. The van der Waals surface area contributed by atoms with Gasteiger partial charge < -0.3 is 20.7 Å².